The maximum absolute atomic E-state index is 11.4. The Morgan fingerprint density at radius 1 is 0.633 bits per heavy atom. The van der Waals surface area contributed by atoms with Crippen LogP contribution in [0.2, 0.25) is 0 Å². The molecule has 0 bridgehead atoms. The number of aromatic nitrogens is 3. The highest BCUT2D eigenvalue weighted by atomic mass is 16.3. The van der Waals surface area contributed by atoms with E-state index >= 15 is 0 Å². The van der Waals surface area contributed by atoms with E-state index in [1.165, 1.54) is 22.3 Å². The molecule has 0 atom stereocenters. The number of hydrogen-bond donors (Lipinski definition) is 1. The molecule has 0 saturated carbocycles. The van der Waals surface area contributed by atoms with E-state index in [2.05, 4.69) is 135 Å². The summed E-state index contributed by atoms with van der Waals surface area (Å²) in [6, 6.07) is 31.9. The van der Waals surface area contributed by atoms with Crippen molar-refractivity contribution in [2.45, 2.75) is 98.3 Å². The van der Waals surface area contributed by atoms with Gasteiger partial charge >= 0.3 is 0 Å². The Bertz CT molecular complexity index is 2150. The van der Waals surface area contributed by atoms with Crippen molar-refractivity contribution in [1.82, 2.24) is 14.5 Å². The molecule has 6 rings (SSSR count). The summed E-state index contributed by atoms with van der Waals surface area (Å²) in [4.78, 5) is 10.3. The second kappa shape index (κ2) is 12.3. The van der Waals surface area contributed by atoms with Crippen LogP contribution in [-0.2, 0) is 16.2 Å². The zero-order valence-corrected chi connectivity index (χ0v) is 31.1. The predicted molar refractivity (Wildman–Crippen MR) is 207 cm³/mol. The third kappa shape index (κ3) is 6.54. The molecule has 0 radical (unpaired) electrons. The van der Waals surface area contributed by atoms with Crippen molar-refractivity contribution in [2.75, 3.05) is 0 Å². The van der Waals surface area contributed by atoms with E-state index < -0.39 is 0 Å². The molecule has 4 heteroatoms. The van der Waals surface area contributed by atoms with Gasteiger partial charge in [0, 0.05) is 17.3 Å². The van der Waals surface area contributed by atoms with Crippen molar-refractivity contribution >= 4 is 11.0 Å². The molecule has 4 aromatic carbocycles. The number of para-hydroxylation sites is 2. The molecule has 6 aromatic rings. The second-order valence-corrected chi connectivity index (χ2v) is 16.8. The average molecular weight is 650 g/mol. The van der Waals surface area contributed by atoms with E-state index in [0.717, 1.165) is 44.9 Å². The Hall–Kier alpha value is -4.70. The summed E-state index contributed by atoms with van der Waals surface area (Å²) < 4.78 is 2.34. The van der Waals surface area contributed by atoms with Crippen molar-refractivity contribution in [2.24, 2.45) is 0 Å². The first kappa shape index (κ1) is 34.2. The summed E-state index contributed by atoms with van der Waals surface area (Å²) >= 11 is 0. The van der Waals surface area contributed by atoms with Gasteiger partial charge in [-0.05, 0) is 98.5 Å². The summed E-state index contributed by atoms with van der Waals surface area (Å²) in [6.07, 6.45) is 1.86. The second-order valence-electron chi connectivity index (χ2n) is 16.8. The largest absolute Gasteiger partial charge is 0.507 e. The first-order chi connectivity index (χ1) is 22.9. The minimum Gasteiger partial charge on any atom is -0.507 e. The highest BCUT2D eigenvalue weighted by Crippen LogP contribution is 2.44. The van der Waals surface area contributed by atoms with Gasteiger partial charge in [0.1, 0.15) is 11.6 Å². The van der Waals surface area contributed by atoms with Gasteiger partial charge in [0.15, 0.2) is 0 Å². The van der Waals surface area contributed by atoms with Crippen LogP contribution in [0.5, 0.6) is 5.75 Å². The van der Waals surface area contributed by atoms with Crippen LogP contribution in [0, 0.1) is 0 Å². The number of benzene rings is 4. The third-order valence-corrected chi connectivity index (χ3v) is 9.56. The summed E-state index contributed by atoms with van der Waals surface area (Å²) in [5.41, 5.74) is 12.6. The summed E-state index contributed by atoms with van der Waals surface area (Å²) in [7, 11) is 0. The van der Waals surface area contributed by atoms with E-state index in [-0.39, 0.29) is 27.9 Å². The maximum atomic E-state index is 11.4. The standard InChI is InChI=1S/C45H51N3O/c1-28(2)33-18-16-19-36(45(9,10)11)41(33)48-38-27-32(44(6,7)8)26-35(40(38)47-42(48)34-17-12-13-21-39(34)49)29-23-30(37-20-14-15-22-46-37)25-31(24-29)43(3,4)5/h12-28,49H,1-11H3. The molecule has 2 aromatic heterocycles. The van der Waals surface area contributed by atoms with Crippen LogP contribution in [0.25, 0.3) is 50.5 Å². The SMILES string of the molecule is CC(C)c1cccc(C(C)(C)C)c1-n1c(-c2ccccc2O)nc2c(-c3cc(-c4ccccn4)cc(C(C)(C)C)c3)cc(C(C)(C)C)cc21. The number of phenolic OH excluding ortho intramolecular Hbond substituents is 1. The topological polar surface area (TPSA) is 50.9 Å². The molecule has 0 amide bonds. The molecule has 0 spiro atoms. The smallest absolute Gasteiger partial charge is 0.149 e. The molecule has 0 aliphatic carbocycles. The van der Waals surface area contributed by atoms with Gasteiger partial charge in [-0.15, -0.1) is 0 Å². The Kier molecular flexibility index (Phi) is 8.59. The van der Waals surface area contributed by atoms with Gasteiger partial charge in [0.05, 0.1) is 28.0 Å². The van der Waals surface area contributed by atoms with Gasteiger partial charge in [0.2, 0.25) is 0 Å². The van der Waals surface area contributed by atoms with Crippen LogP contribution < -0.4 is 0 Å². The number of aromatic hydroxyl groups is 1. The Labute approximate surface area is 292 Å². The molecule has 49 heavy (non-hydrogen) atoms. The van der Waals surface area contributed by atoms with Gasteiger partial charge in [-0.25, -0.2) is 4.98 Å². The molecule has 0 unspecified atom stereocenters. The first-order valence-corrected chi connectivity index (χ1v) is 17.5. The number of rotatable bonds is 5. The van der Waals surface area contributed by atoms with Crippen LogP contribution in [0.4, 0.5) is 0 Å². The van der Waals surface area contributed by atoms with Crippen molar-refractivity contribution in [3.63, 3.8) is 0 Å². The molecular formula is C45H51N3O. The monoisotopic (exact) mass is 649 g/mol. The summed E-state index contributed by atoms with van der Waals surface area (Å²) in [5.74, 6) is 1.21. The van der Waals surface area contributed by atoms with Gasteiger partial charge < -0.3 is 5.11 Å². The van der Waals surface area contributed by atoms with Crippen molar-refractivity contribution < 1.29 is 5.11 Å². The maximum Gasteiger partial charge on any atom is 0.149 e. The molecule has 0 aliphatic heterocycles. The molecule has 0 aliphatic rings. The molecule has 0 saturated heterocycles. The zero-order chi connectivity index (χ0) is 35.5. The van der Waals surface area contributed by atoms with Crippen LogP contribution in [0.1, 0.15) is 104 Å². The van der Waals surface area contributed by atoms with Crippen LogP contribution >= 0.6 is 0 Å². The average Bonchev–Trinajstić information content (AvgIpc) is 3.42. The summed E-state index contributed by atoms with van der Waals surface area (Å²) in [5, 5.41) is 11.4. The van der Waals surface area contributed by atoms with E-state index in [0.29, 0.717) is 5.56 Å². The number of phenols is 1. The van der Waals surface area contributed by atoms with E-state index in [4.69, 9.17) is 9.97 Å². The Balaban J connectivity index is 1.83. The molecule has 252 valence electrons. The quantitative estimate of drug-likeness (QED) is 0.202. The minimum atomic E-state index is -0.143. The summed E-state index contributed by atoms with van der Waals surface area (Å²) in [6.45, 7) is 24.9. The number of fused-ring (bicyclic) bond motifs is 1. The van der Waals surface area contributed by atoms with Gasteiger partial charge in [-0.2, -0.15) is 0 Å². The third-order valence-electron chi connectivity index (χ3n) is 9.56. The Morgan fingerprint density at radius 2 is 1.29 bits per heavy atom. The lowest BCUT2D eigenvalue weighted by Gasteiger charge is -2.28. The normalized spacial score (nSPS) is 12.7. The van der Waals surface area contributed by atoms with Gasteiger partial charge in [-0.3, -0.25) is 9.55 Å². The van der Waals surface area contributed by atoms with Crippen molar-refractivity contribution in [3.8, 4) is 45.2 Å². The lowest BCUT2D eigenvalue weighted by molar-refractivity contribution is 0.477. The fourth-order valence-electron chi connectivity index (χ4n) is 6.68. The molecule has 2 heterocycles. The van der Waals surface area contributed by atoms with Gasteiger partial charge in [-0.1, -0.05) is 119 Å². The molecule has 0 fully saturated rings. The van der Waals surface area contributed by atoms with Crippen LogP contribution in [0.15, 0.2) is 97.2 Å². The lowest BCUT2D eigenvalue weighted by atomic mass is 9.81. The van der Waals surface area contributed by atoms with E-state index in [1.54, 1.807) is 6.07 Å². The fourth-order valence-corrected chi connectivity index (χ4v) is 6.68. The van der Waals surface area contributed by atoms with Crippen LogP contribution in [0.3, 0.4) is 0 Å². The molecular weight excluding hydrogens is 599 g/mol. The highest BCUT2D eigenvalue weighted by molar-refractivity contribution is 5.98. The first-order valence-electron chi connectivity index (χ1n) is 17.5. The lowest BCUT2D eigenvalue weighted by Crippen LogP contribution is -2.18. The fraction of sp³-hybridized carbons (Fsp3) is 0.333. The number of nitrogens with zero attached hydrogens (tertiary/aromatic N) is 3. The minimum absolute atomic E-state index is 0.0849. The van der Waals surface area contributed by atoms with E-state index in [9.17, 15) is 5.11 Å². The van der Waals surface area contributed by atoms with Gasteiger partial charge in [0.25, 0.3) is 0 Å². The number of pyridine rings is 1. The van der Waals surface area contributed by atoms with E-state index in [1.807, 2.05) is 36.5 Å². The van der Waals surface area contributed by atoms with Crippen molar-refractivity contribution in [1.29, 1.82) is 0 Å². The number of imidazole rings is 1. The zero-order valence-electron chi connectivity index (χ0n) is 31.1. The van der Waals surface area contributed by atoms with Crippen molar-refractivity contribution in [3.05, 3.63) is 119 Å². The molecule has 1 N–H and O–H groups in total. The highest BCUT2D eigenvalue weighted by Gasteiger charge is 2.29. The predicted octanol–water partition coefficient (Wildman–Crippen LogP) is 12.1. The molecule has 4 nitrogen and oxygen atoms in total. The number of hydrogen-bond acceptors (Lipinski definition) is 3. The Morgan fingerprint density at radius 3 is 1.90 bits per heavy atom. The van der Waals surface area contributed by atoms with Crippen LogP contribution in [-0.4, -0.2) is 19.6 Å².